The van der Waals surface area contributed by atoms with E-state index in [-0.39, 0.29) is 6.04 Å². The number of nitrogens with one attached hydrogen (secondary N) is 1. The monoisotopic (exact) mass is 253 g/mol. The summed E-state index contributed by atoms with van der Waals surface area (Å²) < 4.78 is 1.93. The van der Waals surface area contributed by atoms with Gasteiger partial charge in [0.2, 0.25) is 0 Å². The van der Waals surface area contributed by atoms with E-state index in [0.29, 0.717) is 17.8 Å². The third-order valence-electron chi connectivity index (χ3n) is 3.38. The van der Waals surface area contributed by atoms with Gasteiger partial charge in [-0.05, 0) is 41.6 Å². The summed E-state index contributed by atoms with van der Waals surface area (Å²) in [7, 11) is 0. The Morgan fingerprint density at radius 3 is 2.33 bits per heavy atom. The van der Waals surface area contributed by atoms with Gasteiger partial charge in [-0.2, -0.15) is 0 Å². The van der Waals surface area contributed by atoms with Gasteiger partial charge >= 0.3 is 0 Å². The summed E-state index contributed by atoms with van der Waals surface area (Å²) in [6.45, 7) is 15.1. The van der Waals surface area contributed by atoms with Crippen LogP contribution in [-0.2, 0) is 6.54 Å². The van der Waals surface area contributed by atoms with Crippen LogP contribution < -0.4 is 5.32 Å². The van der Waals surface area contributed by atoms with E-state index in [1.807, 2.05) is 4.68 Å². The molecule has 0 spiro atoms. The van der Waals surface area contributed by atoms with Crippen molar-refractivity contribution in [3.05, 3.63) is 5.82 Å². The van der Waals surface area contributed by atoms with E-state index in [0.717, 1.165) is 18.9 Å². The molecule has 5 heteroatoms. The largest absolute Gasteiger partial charge is 0.307 e. The summed E-state index contributed by atoms with van der Waals surface area (Å²) in [6, 6.07) is 0.196. The minimum absolute atomic E-state index is 0.196. The molecule has 0 saturated heterocycles. The zero-order chi connectivity index (χ0) is 13.7. The van der Waals surface area contributed by atoms with Gasteiger partial charge in [-0.15, -0.1) is 5.10 Å². The van der Waals surface area contributed by atoms with Crippen LogP contribution in [0.25, 0.3) is 0 Å². The first kappa shape index (κ1) is 15.1. The lowest BCUT2D eigenvalue weighted by Gasteiger charge is -2.18. The summed E-state index contributed by atoms with van der Waals surface area (Å²) in [5.41, 5.74) is 0. The molecule has 0 amide bonds. The van der Waals surface area contributed by atoms with Crippen molar-refractivity contribution in [1.29, 1.82) is 0 Å². The first-order valence-electron chi connectivity index (χ1n) is 6.91. The molecule has 1 rings (SSSR count). The minimum Gasteiger partial charge on any atom is -0.307 e. The minimum atomic E-state index is 0.196. The molecule has 0 aliphatic rings. The quantitative estimate of drug-likeness (QED) is 0.810. The van der Waals surface area contributed by atoms with E-state index >= 15 is 0 Å². The molecule has 0 aliphatic heterocycles. The number of hydrogen-bond donors (Lipinski definition) is 1. The van der Waals surface area contributed by atoms with Crippen molar-refractivity contribution in [2.24, 2.45) is 17.8 Å². The van der Waals surface area contributed by atoms with E-state index in [2.05, 4.69) is 62.4 Å². The molecule has 18 heavy (non-hydrogen) atoms. The van der Waals surface area contributed by atoms with Crippen LogP contribution in [0.2, 0.25) is 0 Å². The Balaban J connectivity index is 2.64. The number of hydrogen-bond acceptors (Lipinski definition) is 4. The smallest absolute Gasteiger partial charge is 0.167 e. The van der Waals surface area contributed by atoms with Crippen molar-refractivity contribution >= 4 is 0 Å². The van der Waals surface area contributed by atoms with Crippen LogP contribution >= 0.6 is 0 Å². The van der Waals surface area contributed by atoms with E-state index in [4.69, 9.17) is 0 Å². The lowest BCUT2D eigenvalue weighted by atomic mass is 9.98. The fourth-order valence-corrected chi connectivity index (χ4v) is 1.64. The van der Waals surface area contributed by atoms with Crippen LogP contribution in [0.15, 0.2) is 0 Å². The van der Waals surface area contributed by atoms with Crippen molar-refractivity contribution in [3.63, 3.8) is 0 Å². The van der Waals surface area contributed by atoms with E-state index in [1.165, 1.54) is 0 Å². The van der Waals surface area contributed by atoms with Crippen LogP contribution in [0.4, 0.5) is 0 Å². The molecule has 1 aromatic heterocycles. The van der Waals surface area contributed by atoms with Crippen LogP contribution in [0.3, 0.4) is 0 Å². The summed E-state index contributed by atoms with van der Waals surface area (Å²) in [5.74, 6) is 2.78. The average Bonchev–Trinajstić information content (AvgIpc) is 2.73. The van der Waals surface area contributed by atoms with Crippen molar-refractivity contribution < 1.29 is 0 Å². The van der Waals surface area contributed by atoms with Crippen molar-refractivity contribution in [2.45, 2.75) is 54.1 Å². The van der Waals surface area contributed by atoms with Crippen molar-refractivity contribution in [3.8, 4) is 0 Å². The highest BCUT2D eigenvalue weighted by molar-refractivity contribution is 4.90. The third kappa shape index (κ3) is 4.37. The SMILES string of the molecule is CC(C)CNC(C)c1nnnn1CC(C)C(C)C. The number of tetrazole rings is 1. The van der Waals surface area contributed by atoms with Gasteiger partial charge < -0.3 is 5.32 Å². The topological polar surface area (TPSA) is 55.6 Å². The lowest BCUT2D eigenvalue weighted by Crippen LogP contribution is -2.27. The molecule has 0 fully saturated rings. The highest BCUT2D eigenvalue weighted by Crippen LogP contribution is 2.15. The van der Waals surface area contributed by atoms with E-state index < -0.39 is 0 Å². The molecule has 0 aliphatic carbocycles. The van der Waals surface area contributed by atoms with Gasteiger partial charge in [0.15, 0.2) is 5.82 Å². The number of rotatable bonds is 7. The zero-order valence-electron chi connectivity index (χ0n) is 12.5. The first-order chi connectivity index (χ1) is 8.41. The normalized spacial score (nSPS) is 15.3. The Labute approximate surface area is 110 Å². The van der Waals surface area contributed by atoms with Gasteiger partial charge in [0.1, 0.15) is 0 Å². The molecular weight excluding hydrogens is 226 g/mol. The Morgan fingerprint density at radius 1 is 1.11 bits per heavy atom. The molecule has 5 nitrogen and oxygen atoms in total. The molecule has 0 bridgehead atoms. The lowest BCUT2D eigenvalue weighted by molar-refractivity contribution is 0.331. The molecule has 1 heterocycles. The van der Waals surface area contributed by atoms with Crippen LogP contribution in [0.1, 0.15) is 53.4 Å². The second-order valence-electron chi connectivity index (χ2n) is 5.96. The first-order valence-corrected chi connectivity index (χ1v) is 6.91. The summed E-state index contributed by atoms with van der Waals surface area (Å²) >= 11 is 0. The number of nitrogens with zero attached hydrogens (tertiary/aromatic N) is 4. The molecule has 2 unspecified atom stereocenters. The second-order valence-corrected chi connectivity index (χ2v) is 5.96. The summed E-state index contributed by atoms with van der Waals surface area (Å²) in [6.07, 6.45) is 0. The Bertz CT molecular complexity index is 345. The van der Waals surface area contributed by atoms with Crippen LogP contribution in [-0.4, -0.2) is 26.8 Å². The van der Waals surface area contributed by atoms with Crippen LogP contribution in [0.5, 0.6) is 0 Å². The fraction of sp³-hybridized carbons (Fsp3) is 0.923. The van der Waals surface area contributed by atoms with Crippen molar-refractivity contribution in [2.75, 3.05) is 6.54 Å². The van der Waals surface area contributed by atoms with Gasteiger partial charge in [0, 0.05) is 6.54 Å². The van der Waals surface area contributed by atoms with E-state index in [1.54, 1.807) is 0 Å². The third-order valence-corrected chi connectivity index (χ3v) is 3.38. The Hall–Kier alpha value is -0.970. The van der Waals surface area contributed by atoms with Gasteiger partial charge in [-0.25, -0.2) is 4.68 Å². The molecule has 0 aromatic carbocycles. The number of aromatic nitrogens is 4. The Morgan fingerprint density at radius 2 is 1.78 bits per heavy atom. The predicted molar refractivity (Wildman–Crippen MR) is 73.1 cm³/mol. The molecular formula is C13H27N5. The summed E-state index contributed by atoms with van der Waals surface area (Å²) in [4.78, 5) is 0. The predicted octanol–water partition coefficient (Wildman–Crippen LogP) is 2.27. The standard InChI is InChI=1S/C13H27N5/c1-9(2)7-14-12(6)13-15-16-17-18(13)8-11(5)10(3)4/h9-12,14H,7-8H2,1-6H3. The maximum Gasteiger partial charge on any atom is 0.167 e. The molecule has 1 aromatic rings. The average molecular weight is 253 g/mol. The fourth-order valence-electron chi connectivity index (χ4n) is 1.64. The summed E-state index contributed by atoms with van der Waals surface area (Å²) in [5, 5.41) is 15.5. The molecule has 0 saturated carbocycles. The van der Waals surface area contributed by atoms with Gasteiger partial charge in [0.25, 0.3) is 0 Å². The highest BCUT2D eigenvalue weighted by atomic mass is 15.5. The van der Waals surface area contributed by atoms with Crippen molar-refractivity contribution in [1.82, 2.24) is 25.5 Å². The molecule has 104 valence electrons. The molecule has 2 atom stereocenters. The second kappa shape index (κ2) is 6.83. The molecule has 0 radical (unpaired) electrons. The Kier molecular flexibility index (Phi) is 5.72. The zero-order valence-corrected chi connectivity index (χ0v) is 12.5. The van der Waals surface area contributed by atoms with Gasteiger partial charge in [0.05, 0.1) is 6.04 Å². The van der Waals surface area contributed by atoms with Gasteiger partial charge in [-0.3, -0.25) is 0 Å². The highest BCUT2D eigenvalue weighted by Gasteiger charge is 2.17. The van der Waals surface area contributed by atoms with Gasteiger partial charge in [-0.1, -0.05) is 34.6 Å². The van der Waals surface area contributed by atoms with Crippen LogP contribution in [0, 0.1) is 17.8 Å². The maximum absolute atomic E-state index is 4.15. The molecule has 1 N–H and O–H groups in total. The maximum atomic E-state index is 4.15. The van der Waals surface area contributed by atoms with E-state index in [9.17, 15) is 0 Å².